The van der Waals surface area contributed by atoms with Gasteiger partial charge < -0.3 is 30.2 Å². The normalized spacial score (nSPS) is 14.4. The number of nitrogens with two attached hydrogens (primary N) is 1. The minimum atomic E-state index is -0.568. The number of esters is 1. The number of aromatic nitrogens is 2. The number of hydrogen-bond acceptors (Lipinski definition) is 9. The average Bonchev–Trinajstić information content (AvgIpc) is 2.77. The van der Waals surface area contributed by atoms with Crippen LogP contribution >= 0.6 is 0 Å². The Hall–Kier alpha value is -3.33. The summed E-state index contributed by atoms with van der Waals surface area (Å²) in [4.78, 5) is 23.4. The highest BCUT2D eigenvalue weighted by molar-refractivity contribution is 5.81. The summed E-state index contributed by atoms with van der Waals surface area (Å²) in [6.07, 6.45) is 3.72. The quantitative estimate of drug-likeness (QED) is 0.626. The van der Waals surface area contributed by atoms with E-state index in [2.05, 4.69) is 20.2 Å². The monoisotopic (exact) mass is 441 g/mol. The molecule has 0 radical (unpaired) electrons. The van der Waals surface area contributed by atoms with Crippen LogP contribution in [0.25, 0.3) is 12.2 Å². The molecule has 0 spiro atoms. The van der Waals surface area contributed by atoms with Crippen molar-refractivity contribution in [1.82, 2.24) is 9.97 Å². The summed E-state index contributed by atoms with van der Waals surface area (Å²) < 4.78 is 16.0. The van der Waals surface area contributed by atoms with Crippen LogP contribution in [0.2, 0.25) is 0 Å². The first kappa shape index (κ1) is 23.3. The highest BCUT2D eigenvalue weighted by Crippen LogP contribution is 2.28. The zero-order valence-electron chi connectivity index (χ0n) is 19.1. The van der Waals surface area contributed by atoms with Crippen LogP contribution in [0.5, 0.6) is 5.75 Å². The van der Waals surface area contributed by atoms with Crippen LogP contribution in [-0.4, -0.2) is 61.5 Å². The highest BCUT2D eigenvalue weighted by Gasteiger charge is 2.21. The number of anilines is 3. The van der Waals surface area contributed by atoms with Crippen LogP contribution in [0.1, 0.15) is 32.2 Å². The molecule has 1 fully saturated rings. The van der Waals surface area contributed by atoms with Crippen LogP contribution in [0.15, 0.2) is 24.3 Å². The molecule has 9 heteroatoms. The average molecular weight is 442 g/mol. The Morgan fingerprint density at radius 1 is 1.19 bits per heavy atom. The number of methoxy groups -OCH3 is 1. The number of carbonyl (C=O) groups excluding carboxylic acids is 1. The maximum atomic E-state index is 12.2. The minimum Gasteiger partial charge on any atom is -0.497 e. The predicted molar refractivity (Wildman–Crippen MR) is 126 cm³/mol. The predicted octanol–water partition coefficient (Wildman–Crippen LogP) is 2.83. The molecule has 1 aliphatic rings. The zero-order chi connectivity index (χ0) is 23.1. The molecule has 3 rings (SSSR count). The molecule has 2 aromatic rings. The van der Waals surface area contributed by atoms with Gasteiger partial charge in [-0.1, -0.05) is 18.2 Å². The number of nitrogens with one attached hydrogen (secondary N) is 1. The molecule has 0 aliphatic carbocycles. The van der Waals surface area contributed by atoms with Gasteiger partial charge in [0.15, 0.2) is 17.5 Å². The second-order valence-electron chi connectivity index (χ2n) is 8.31. The van der Waals surface area contributed by atoms with Crippen LogP contribution in [0.3, 0.4) is 0 Å². The molecule has 9 nitrogen and oxygen atoms in total. The minimum absolute atomic E-state index is 0.0529. The standard InChI is InChI=1S/C23H31N5O4/c1-23(2,3)32-19(29)15-25-21-20(24)22(28-11-13-31-14-12-28)27-18(26-21)10-7-16-5-8-17(30-4)9-6-16/h5-10H,11-15,24H2,1-4H3,(H,25,26,27). The molecule has 0 unspecified atom stereocenters. The van der Waals surface area contributed by atoms with E-state index in [0.29, 0.717) is 49.5 Å². The first-order valence-corrected chi connectivity index (χ1v) is 10.5. The molecule has 0 amide bonds. The second kappa shape index (κ2) is 10.3. The summed E-state index contributed by atoms with van der Waals surface area (Å²) in [5.74, 6) is 1.88. The van der Waals surface area contributed by atoms with E-state index in [1.54, 1.807) is 7.11 Å². The zero-order valence-corrected chi connectivity index (χ0v) is 19.1. The largest absolute Gasteiger partial charge is 0.497 e. The molecular weight excluding hydrogens is 410 g/mol. The van der Waals surface area contributed by atoms with Gasteiger partial charge in [0.2, 0.25) is 0 Å². The van der Waals surface area contributed by atoms with Crippen molar-refractivity contribution in [2.75, 3.05) is 55.9 Å². The summed E-state index contributed by atoms with van der Waals surface area (Å²) in [5, 5.41) is 3.01. The Morgan fingerprint density at radius 2 is 1.88 bits per heavy atom. The fraction of sp³-hybridized carbons (Fsp3) is 0.435. The van der Waals surface area contributed by atoms with Crippen molar-refractivity contribution in [1.29, 1.82) is 0 Å². The molecule has 0 saturated carbocycles. The van der Waals surface area contributed by atoms with Gasteiger partial charge in [-0.25, -0.2) is 9.97 Å². The summed E-state index contributed by atoms with van der Waals surface area (Å²) in [6, 6.07) is 7.65. The van der Waals surface area contributed by atoms with Crippen molar-refractivity contribution in [2.45, 2.75) is 26.4 Å². The van der Waals surface area contributed by atoms with Gasteiger partial charge in [-0.2, -0.15) is 0 Å². The lowest BCUT2D eigenvalue weighted by molar-refractivity contribution is -0.152. The summed E-state index contributed by atoms with van der Waals surface area (Å²) >= 11 is 0. The highest BCUT2D eigenvalue weighted by atomic mass is 16.6. The first-order chi connectivity index (χ1) is 15.2. The SMILES string of the molecule is COc1ccc(C=Cc2nc(NCC(=O)OC(C)(C)C)c(N)c(N3CCOCC3)n2)cc1. The lowest BCUT2D eigenvalue weighted by atomic mass is 10.2. The Labute approximate surface area is 188 Å². The summed E-state index contributed by atoms with van der Waals surface area (Å²) in [5.41, 5.74) is 7.17. The number of ether oxygens (including phenoxy) is 3. The molecule has 0 bridgehead atoms. The topological polar surface area (TPSA) is 112 Å². The van der Waals surface area contributed by atoms with Crippen molar-refractivity contribution < 1.29 is 19.0 Å². The van der Waals surface area contributed by atoms with Crippen molar-refractivity contribution in [3.8, 4) is 5.75 Å². The Morgan fingerprint density at radius 3 is 2.50 bits per heavy atom. The lowest BCUT2D eigenvalue weighted by Crippen LogP contribution is -2.37. The van der Waals surface area contributed by atoms with Gasteiger partial charge >= 0.3 is 5.97 Å². The lowest BCUT2D eigenvalue weighted by Gasteiger charge is -2.29. The van der Waals surface area contributed by atoms with E-state index in [9.17, 15) is 4.79 Å². The van der Waals surface area contributed by atoms with Crippen LogP contribution in [-0.2, 0) is 14.3 Å². The molecule has 32 heavy (non-hydrogen) atoms. The number of nitrogens with zero attached hydrogens (tertiary/aromatic N) is 3. The Balaban J connectivity index is 1.85. The van der Waals surface area contributed by atoms with Gasteiger partial charge in [0.25, 0.3) is 0 Å². The third-order valence-corrected chi connectivity index (χ3v) is 4.61. The summed E-state index contributed by atoms with van der Waals surface area (Å²) in [7, 11) is 1.63. The van der Waals surface area contributed by atoms with E-state index in [1.165, 1.54) is 0 Å². The van der Waals surface area contributed by atoms with Crippen molar-refractivity contribution >= 4 is 35.4 Å². The molecule has 3 N–H and O–H groups in total. The molecule has 1 aliphatic heterocycles. The maximum absolute atomic E-state index is 12.2. The number of rotatable bonds is 7. The van der Waals surface area contributed by atoms with Crippen molar-refractivity contribution in [2.24, 2.45) is 0 Å². The first-order valence-electron chi connectivity index (χ1n) is 10.5. The Bertz CT molecular complexity index is 948. The second-order valence-corrected chi connectivity index (χ2v) is 8.31. The fourth-order valence-corrected chi connectivity index (χ4v) is 3.12. The van der Waals surface area contributed by atoms with Crippen LogP contribution in [0.4, 0.5) is 17.3 Å². The Kier molecular flexibility index (Phi) is 7.53. The number of morpholine rings is 1. The third kappa shape index (κ3) is 6.58. The number of benzene rings is 1. The van der Waals surface area contributed by atoms with Crippen LogP contribution < -0.4 is 20.7 Å². The van der Waals surface area contributed by atoms with Gasteiger partial charge in [0.05, 0.1) is 20.3 Å². The van der Waals surface area contributed by atoms with Crippen molar-refractivity contribution in [3.63, 3.8) is 0 Å². The van der Waals surface area contributed by atoms with Gasteiger partial charge in [-0.3, -0.25) is 4.79 Å². The van der Waals surface area contributed by atoms with E-state index in [4.69, 9.17) is 19.9 Å². The molecular formula is C23H31N5O4. The number of hydrogen-bond donors (Lipinski definition) is 2. The molecule has 1 aromatic carbocycles. The molecule has 1 aromatic heterocycles. The smallest absolute Gasteiger partial charge is 0.325 e. The van der Waals surface area contributed by atoms with Crippen molar-refractivity contribution in [3.05, 3.63) is 35.7 Å². The van der Waals surface area contributed by atoms with E-state index in [1.807, 2.05) is 57.2 Å². The molecule has 0 atom stereocenters. The van der Waals surface area contributed by atoms with Gasteiger partial charge in [-0.05, 0) is 44.5 Å². The van der Waals surface area contributed by atoms with E-state index >= 15 is 0 Å². The van der Waals surface area contributed by atoms with E-state index < -0.39 is 11.6 Å². The summed E-state index contributed by atoms with van der Waals surface area (Å²) in [6.45, 7) is 7.96. The number of carbonyl (C=O) groups is 1. The third-order valence-electron chi connectivity index (χ3n) is 4.61. The molecule has 172 valence electrons. The van der Waals surface area contributed by atoms with Gasteiger partial charge in [0.1, 0.15) is 23.6 Å². The fourth-order valence-electron chi connectivity index (χ4n) is 3.12. The van der Waals surface area contributed by atoms with E-state index in [0.717, 1.165) is 11.3 Å². The van der Waals surface area contributed by atoms with Crippen LogP contribution in [0, 0.1) is 0 Å². The maximum Gasteiger partial charge on any atom is 0.325 e. The molecule has 1 saturated heterocycles. The number of nitrogen functional groups attached to an aromatic ring is 1. The molecule has 2 heterocycles. The van der Waals surface area contributed by atoms with Gasteiger partial charge in [-0.15, -0.1) is 0 Å². The van der Waals surface area contributed by atoms with Gasteiger partial charge in [0, 0.05) is 13.1 Å². The van der Waals surface area contributed by atoms with E-state index in [-0.39, 0.29) is 6.54 Å².